The minimum absolute atomic E-state index is 0.219. The van der Waals surface area contributed by atoms with Crippen molar-refractivity contribution in [3.63, 3.8) is 0 Å². The first kappa shape index (κ1) is 12.9. The Kier molecular flexibility index (Phi) is 3.52. The molecule has 0 spiro atoms. The molecule has 104 valence electrons. The zero-order valence-electron chi connectivity index (χ0n) is 11.4. The Hall–Kier alpha value is -2.14. The van der Waals surface area contributed by atoms with E-state index in [0.717, 1.165) is 36.4 Å². The molecule has 1 aliphatic heterocycles. The maximum Gasteiger partial charge on any atom is 0.278 e. The highest BCUT2D eigenvalue weighted by molar-refractivity contribution is 6.03. The van der Waals surface area contributed by atoms with E-state index in [2.05, 4.69) is 22.7 Å². The minimum Gasteiger partial charge on any atom is -0.360 e. The molecule has 2 heterocycles. The number of hydrogen-bond acceptors (Lipinski definition) is 4. The third-order valence-corrected chi connectivity index (χ3v) is 3.54. The molecule has 3 rings (SSSR count). The molecule has 20 heavy (non-hydrogen) atoms. The number of fused-ring (bicyclic) bond motifs is 1. The van der Waals surface area contributed by atoms with Crippen molar-refractivity contribution < 1.29 is 9.32 Å². The summed E-state index contributed by atoms with van der Waals surface area (Å²) in [6.45, 7) is 3.60. The number of nitrogens with one attached hydrogen (secondary N) is 2. The normalized spacial score (nSPS) is 13.8. The third-order valence-electron chi connectivity index (χ3n) is 3.54. The largest absolute Gasteiger partial charge is 0.360 e. The fourth-order valence-electron chi connectivity index (χ4n) is 2.33. The second-order valence-electron chi connectivity index (χ2n) is 4.86. The molecule has 0 aliphatic carbocycles. The molecule has 0 saturated carbocycles. The molecule has 0 fully saturated rings. The van der Waals surface area contributed by atoms with Crippen LogP contribution in [0.3, 0.4) is 0 Å². The van der Waals surface area contributed by atoms with Crippen molar-refractivity contribution in [2.45, 2.75) is 26.3 Å². The van der Waals surface area contributed by atoms with E-state index in [4.69, 9.17) is 4.52 Å². The van der Waals surface area contributed by atoms with Crippen LogP contribution in [-0.4, -0.2) is 17.6 Å². The number of amides is 1. The first-order valence-corrected chi connectivity index (χ1v) is 6.86. The number of rotatable bonds is 3. The van der Waals surface area contributed by atoms with Gasteiger partial charge in [-0.25, -0.2) is 0 Å². The summed E-state index contributed by atoms with van der Waals surface area (Å²) in [5, 5.41) is 9.98. The van der Waals surface area contributed by atoms with Gasteiger partial charge in [-0.1, -0.05) is 24.2 Å². The lowest BCUT2D eigenvalue weighted by Gasteiger charge is -2.11. The molecule has 5 nitrogen and oxygen atoms in total. The van der Waals surface area contributed by atoms with Gasteiger partial charge < -0.3 is 15.2 Å². The van der Waals surface area contributed by atoms with E-state index in [1.165, 1.54) is 5.56 Å². The first-order chi connectivity index (χ1) is 9.78. The van der Waals surface area contributed by atoms with Crippen molar-refractivity contribution in [2.24, 2.45) is 0 Å². The number of carbonyl (C=O) groups excluding carboxylic acids is 1. The van der Waals surface area contributed by atoms with Gasteiger partial charge in [0.2, 0.25) is 0 Å². The average molecular weight is 271 g/mol. The van der Waals surface area contributed by atoms with Crippen molar-refractivity contribution in [3.05, 3.63) is 46.8 Å². The molecule has 0 atom stereocenters. The smallest absolute Gasteiger partial charge is 0.278 e. The van der Waals surface area contributed by atoms with Gasteiger partial charge in [0.05, 0.1) is 0 Å². The number of benzene rings is 1. The van der Waals surface area contributed by atoms with Crippen molar-refractivity contribution in [1.82, 2.24) is 10.5 Å². The van der Waals surface area contributed by atoms with Crippen molar-refractivity contribution in [2.75, 3.05) is 11.9 Å². The van der Waals surface area contributed by atoms with Crippen molar-refractivity contribution in [1.29, 1.82) is 0 Å². The highest BCUT2D eigenvalue weighted by Crippen LogP contribution is 2.19. The standard InChI is InChI=1S/C15H17N3O2/c1-2-10-3-5-11(6-4-10)17-15(19)14-12-9-16-8-7-13(12)20-18-14/h3-6,16H,2,7-9H2,1H3,(H,17,19). The minimum atomic E-state index is -0.219. The molecule has 5 heteroatoms. The summed E-state index contributed by atoms with van der Waals surface area (Å²) in [4.78, 5) is 12.2. The average Bonchev–Trinajstić information content (AvgIpc) is 2.92. The molecule has 1 aliphatic rings. The number of hydrogen-bond donors (Lipinski definition) is 2. The van der Waals surface area contributed by atoms with Crippen molar-refractivity contribution >= 4 is 11.6 Å². The van der Waals surface area contributed by atoms with Crippen LogP contribution in [0.1, 0.15) is 34.3 Å². The van der Waals surface area contributed by atoms with Gasteiger partial charge >= 0.3 is 0 Å². The summed E-state index contributed by atoms with van der Waals surface area (Å²) >= 11 is 0. The number of anilines is 1. The quantitative estimate of drug-likeness (QED) is 0.897. The lowest BCUT2D eigenvalue weighted by Crippen LogP contribution is -2.25. The van der Waals surface area contributed by atoms with Crippen LogP contribution in [0.2, 0.25) is 0 Å². The maximum absolute atomic E-state index is 12.2. The van der Waals surface area contributed by atoms with Gasteiger partial charge in [0, 0.05) is 30.8 Å². The Labute approximate surface area is 117 Å². The first-order valence-electron chi connectivity index (χ1n) is 6.86. The van der Waals surface area contributed by atoms with Crippen molar-refractivity contribution in [3.8, 4) is 0 Å². The Balaban J connectivity index is 1.77. The van der Waals surface area contributed by atoms with Crippen LogP contribution in [0.5, 0.6) is 0 Å². The van der Waals surface area contributed by atoms with E-state index in [1.807, 2.05) is 24.3 Å². The van der Waals surface area contributed by atoms with E-state index < -0.39 is 0 Å². The second-order valence-corrected chi connectivity index (χ2v) is 4.86. The van der Waals surface area contributed by atoms with E-state index in [1.54, 1.807) is 0 Å². The Morgan fingerprint density at radius 2 is 2.20 bits per heavy atom. The van der Waals surface area contributed by atoms with Crippen LogP contribution in [0.4, 0.5) is 5.69 Å². The molecule has 2 aromatic rings. The van der Waals surface area contributed by atoms with Crippen LogP contribution >= 0.6 is 0 Å². The predicted octanol–water partition coefficient (Wildman–Crippen LogP) is 2.13. The van der Waals surface area contributed by atoms with Gasteiger partial charge in [0.25, 0.3) is 5.91 Å². The summed E-state index contributed by atoms with van der Waals surface area (Å²) in [5.41, 5.74) is 3.27. The molecule has 0 radical (unpaired) electrons. The van der Waals surface area contributed by atoms with Gasteiger partial charge in [-0.05, 0) is 24.1 Å². The van der Waals surface area contributed by atoms with Gasteiger partial charge in [0.15, 0.2) is 5.69 Å². The fraction of sp³-hybridized carbons (Fsp3) is 0.333. The zero-order valence-corrected chi connectivity index (χ0v) is 11.4. The molecule has 0 bridgehead atoms. The summed E-state index contributed by atoms with van der Waals surface area (Å²) in [7, 11) is 0. The Bertz CT molecular complexity index is 617. The molecule has 1 amide bonds. The monoisotopic (exact) mass is 271 g/mol. The topological polar surface area (TPSA) is 67.2 Å². The van der Waals surface area contributed by atoms with E-state index in [9.17, 15) is 4.79 Å². The fourth-order valence-corrected chi connectivity index (χ4v) is 2.33. The van der Waals surface area contributed by atoms with Gasteiger partial charge in [0.1, 0.15) is 5.76 Å². The van der Waals surface area contributed by atoms with Crippen LogP contribution < -0.4 is 10.6 Å². The highest BCUT2D eigenvalue weighted by atomic mass is 16.5. The second kappa shape index (κ2) is 5.46. The van der Waals surface area contributed by atoms with E-state index >= 15 is 0 Å². The number of aromatic nitrogens is 1. The molecular weight excluding hydrogens is 254 g/mol. The van der Waals surface area contributed by atoms with Gasteiger partial charge in [-0.2, -0.15) is 0 Å². The third kappa shape index (κ3) is 2.44. The summed E-state index contributed by atoms with van der Waals surface area (Å²) in [6, 6.07) is 7.83. The lowest BCUT2D eigenvalue weighted by molar-refractivity contribution is 0.101. The van der Waals surface area contributed by atoms with Gasteiger partial charge in [-0.15, -0.1) is 0 Å². The van der Waals surface area contributed by atoms with Crippen LogP contribution in [0.15, 0.2) is 28.8 Å². The summed E-state index contributed by atoms with van der Waals surface area (Å²) < 4.78 is 5.23. The van der Waals surface area contributed by atoms with Gasteiger partial charge in [-0.3, -0.25) is 4.79 Å². The zero-order chi connectivity index (χ0) is 13.9. The molecule has 2 N–H and O–H groups in total. The maximum atomic E-state index is 12.2. The molecule has 0 unspecified atom stereocenters. The number of aryl methyl sites for hydroxylation is 1. The Morgan fingerprint density at radius 3 is 2.95 bits per heavy atom. The lowest BCUT2D eigenvalue weighted by atomic mass is 10.1. The summed E-state index contributed by atoms with van der Waals surface area (Å²) in [5.74, 6) is 0.596. The molecule has 0 saturated heterocycles. The molecular formula is C15H17N3O2. The van der Waals surface area contributed by atoms with Crippen LogP contribution in [-0.2, 0) is 19.4 Å². The highest BCUT2D eigenvalue weighted by Gasteiger charge is 2.23. The number of nitrogens with zero attached hydrogens (tertiary/aromatic N) is 1. The SMILES string of the molecule is CCc1ccc(NC(=O)c2noc3c2CNCC3)cc1. The van der Waals surface area contributed by atoms with E-state index in [0.29, 0.717) is 12.2 Å². The Morgan fingerprint density at radius 1 is 1.40 bits per heavy atom. The predicted molar refractivity (Wildman–Crippen MR) is 75.7 cm³/mol. The number of carbonyl (C=O) groups is 1. The molecule has 1 aromatic carbocycles. The van der Waals surface area contributed by atoms with E-state index in [-0.39, 0.29) is 5.91 Å². The van der Waals surface area contributed by atoms with Crippen LogP contribution in [0.25, 0.3) is 0 Å². The molecule has 1 aromatic heterocycles. The van der Waals surface area contributed by atoms with Crippen LogP contribution in [0, 0.1) is 0 Å². The summed E-state index contributed by atoms with van der Waals surface area (Å²) in [6.07, 6.45) is 1.76.